The largest absolute Gasteiger partial charge is 0.342 e. The number of benzene rings is 3. The highest BCUT2D eigenvalue weighted by atomic mass is 32.2. The fourth-order valence-electron chi connectivity index (χ4n) is 3.75. The number of hydrogen-bond donors (Lipinski definition) is 1. The van der Waals surface area contributed by atoms with E-state index in [-0.39, 0.29) is 10.3 Å². The highest BCUT2D eigenvalue weighted by Gasteiger charge is 2.17. The minimum atomic E-state index is -3.75. The molecule has 0 aliphatic carbocycles. The normalized spacial score (nSPS) is 12.5. The Morgan fingerprint density at radius 3 is 2.27 bits per heavy atom. The van der Waals surface area contributed by atoms with Crippen molar-refractivity contribution in [1.82, 2.24) is 9.40 Å². The number of rotatable bonds is 6. The number of fused-ring (bicyclic) bond motifs is 1. The number of aromatic nitrogens is 1. The molecule has 0 saturated heterocycles. The number of aryl methyl sites for hydroxylation is 1. The zero-order valence-electron chi connectivity index (χ0n) is 19.4. The second-order valence-electron chi connectivity index (χ2n) is 9.34. The summed E-state index contributed by atoms with van der Waals surface area (Å²) in [5.41, 5.74) is 5.38. The lowest BCUT2D eigenvalue weighted by Gasteiger charge is -2.19. The highest BCUT2D eigenvalue weighted by molar-refractivity contribution is 7.89. The monoisotopic (exact) mass is 459 g/mol. The molecule has 0 atom stereocenters. The lowest BCUT2D eigenvalue weighted by molar-refractivity contribution is 0.580. The van der Waals surface area contributed by atoms with Crippen LogP contribution in [0.4, 0.5) is 0 Å². The summed E-state index contributed by atoms with van der Waals surface area (Å²) in [6, 6.07) is 23.4. The van der Waals surface area contributed by atoms with E-state index in [1.807, 2.05) is 36.5 Å². The van der Waals surface area contributed by atoms with Crippen LogP contribution in [0.5, 0.6) is 0 Å². The van der Waals surface area contributed by atoms with E-state index >= 15 is 0 Å². The maximum Gasteiger partial charge on any atom is 0.276 e. The van der Waals surface area contributed by atoms with E-state index in [0.29, 0.717) is 0 Å². The summed E-state index contributed by atoms with van der Waals surface area (Å²) in [7, 11) is -3.75. The fraction of sp³-hybridized carbons (Fsp3) is 0.222. The molecule has 6 heteroatoms. The summed E-state index contributed by atoms with van der Waals surface area (Å²) in [5.74, 6) is 0. The van der Waals surface area contributed by atoms with Gasteiger partial charge in [-0.3, -0.25) is 0 Å². The van der Waals surface area contributed by atoms with Crippen LogP contribution in [-0.2, 0) is 22.0 Å². The molecule has 0 fully saturated rings. The van der Waals surface area contributed by atoms with Gasteiger partial charge in [0, 0.05) is 29.2 Å². The van der Waals surface area contributed by atoms with Crippen LogP contribution < -0.4 is 4.83 Å². The Labute approximate surface area is 195 Å². The molecule has 1 aromatic heterocycles. The third kappa shape index (κ3) is 5.17. The van der Waals surface area contributed by atoms with Crippen LogP contribution in [0.3, 0.4) is 0 Å². The van der Waals surface area contributed by atoms with E-state index in [1.54, 1.807) is 18.3 Å². The standard InChI is InChI=1S/C27H29N3O2S/c1-20-9-11-21(12-10-20)18-30-19-22(25-7-5-6-8-26(25)30)17-28-29-33(31,32)24-15-13-23(14-16-24)27(2,3)4/h5-17,19,29H,18H2,1-4H3/b28-17+. The predicted molar refractivity (Wildman–Crippen MR) is 135 cm³/mol. The van der Waals surface area contributed by atoms with E-state index < -0.39 is 10.0 Å². The smallest absolute Gasteiger partial charge is 0.276 e. The quantitative estimate of drug-likeness (QED) is 0.301. The second kappa shape index (κ2) is 8.87. The van der Waals surface area contributed by atoms with Gasteiger partial charge in [-0.2, -0.15) is 13.5 Å². The van der Waals surface area contributed by atoms with Crippen molar-refractivity contribution in [3.8, 4) is 0 Å². The summed E-state index contributed by atoms with van der Waals surface area (Å²) in [6.07, 6.45) is 3.56. The Bertz CT molecular complexity index is 1390. The molecular weight excluding hydrogens is 430 g/mol. The summed E-state index contributed by atoms with van der Waals surface area (Å²) < 4.78 is 27.5. The number of nitrogens with zero attached hydrogens (tertiary/aromatic N) is 2. The molecule has 1 heterocycles. The zero-order chi connectivity index (χ0) is 23.6. The summed E-state index contributed by atoms with van der Waals surface area (Å²) >= 11 is 0. The maximum atomic E-state index is 12.7. The van der Waals surface area contributed by atoms with Gasteiger partial charge < -0.3 is 4.57 Å². The topological polar surface area (TPSA) is 63.5 Å². The molecule has 0 radical (unpaired) electrons. The molecule has 0 aliphatic rings. The molecule has 3 aromatic carbocycles. The molecular formula is C27H29N3O2S. The first-order valence-electron chi connectivity index (χ1n) is 10.9. The average molecular weight is 460 g/mol. The first kappa shape index (κ1) is 22.8. The highest BCUT2D eigenvalue weighted by Crippen LogP contribution is 2.24. The van der Waals surface area contributed by atoms with Crippen LogP contribution in [0.2, 0.25) is 0 Å². The van der Waals surface area contributed by atoms with Gasteiger partial charge in [0.15, 0.2) is 0 Å². The van der Waals surface area contributed by atoms with E-state index in [2.05, 4.69) is 72.5 Å². The minimum Gasteiger partial charge on any atom is -0.342 e. The number of hydrazone groups is 1. The number of sulfonamides is 1. The third-order valence-corrected chi connectivity index (χ3v) is 6.94. The van der Waals surface area contributed by atoms with Gasteiger partial charge in [-0.05, 0) is 41.7 Å². The van der Waals surface area contributed by atoms with E-state index in [4.69, 9.17) is 0 Å². The van der Waals surface area contributed by atoms with Crippen LogP contribution in [-0.4, -0.2) is 19.2 Å². The maximum absolute atomic E-state index is 12.7. The molecule has 170 valence electrons. The Morgan fingerprint density at radius 2 is 1.61 bits per heavy atom. The molecule has 1 N–H and O–H groups in total. The molecule has 4 rings (SSSR count). The van der Waals surface area contributed by atoms with Gasteiger partial charge in [-0.1, -0.05) is 80.9 Å². The van der Waals surface area contributed by atoms with Gasteiger partial charge in [-0.25, -0.2) is 4.83 Å². The van der Waals surface area contributed by atoms with E-state index in [0.717, 1.165) is 28.6 Å². The molecule has 0 bridgehead atoms. The van der Waals surface area contributed by atoms with Crippen molar-refractivity contribution < 1.29 is 8.42 Å². The van der Waals surface area contributed by atoms with Crippen molar-refractivity contribution >= 4 is 27.1 Å². The number of para-hydroxylation sites is 1. The predicted octanol–water partition coefficient (Wildman–Crippen LogP) is 5.61. The van der Waals surface area contributed by atoms with Crippen molar-refractivity contribution in [2.24, 2.45) is 5.10 Å². The Kier molecular flexibility index (Phi) is 6.13. The molecule has 0 saturated carbocycles. The van der Waals surface area contributed by atoms with Gasteiger partial charge in [-0.15, -0.1) is 0 Å². The third-order valence-electron chi connectivity index (χ3n) is 5.70. The first-order valence-corrected chi connectivity index (χ1v) is 12.4. The van der Waals surface area contributed by atoms with Crippen molar-refractivity contribution in [1.29, 1.82) is 0 Å². The van der Waals surface area contributed by atoms with E-state index in [9.17, 15) is 8.42 Å². The van der Waals surface area contributed by atoms with Gasteiger partial charge in [0.1, 0.15) is 0 Å². The van der Waals surface area contributed by atoms with Crippen molar-refractivity contribution in [2.45, 2.75) is 44.6 Å². The molecule has 33 heavy (non-hydrogen) atoms. The van der Waals surface area contributed by atoms with E-state index in [1.165, 1.54) is 11.1 Å². The SMILES string of the molecule is Cc1ccc(Cn2cc(/C=N/NS(=O)(=O)c3ccc(C(C)(C)C)cc3)c3ccccc32)cc1. The molecule has 0 spiro atoms. The van der Waals surface area contributed by atoms with Crippen molar-refractivity contribution in [3.05, 3.63) is 101 Å². The van der Waals surface area contributed by atoms with Gasteiger partial charge >= 0.3 is 0 Å². The Balaban J connectivity index is 1.56. The minimum absolute atomic E-state index is 0.0410. The summed E-state index contributed by atoms with van der Waals surface area (Å²) in [6.45, 7) is 9.07. The zero-order valence-corrected chi connectivity index (χ0v) is 20.2. The second-order valence-corrected chi connectivity index (χ2v) is 11.0. The van der Waals surface area contributed by atoms with Crippen LogP contribution >= 0.6 is 0 Å². The molecule has 0 aliphatic heterocycles. The van der Waals surface area contributed by atoms with Crippen LogP contribution in [0.1, 0.15) is 43.0 Å². The Hall–Kier alpha value is -3.38. The van der Waals surface area contributed by atoms with Gasteiger partial charge in [0.25, 0.3) is 10.0 Å². The van der Waals surface area contributed by atoms with Gasteiger partial charge in [0.05, 0.1) is 11.1 Å². The van der Waals surface area contributed by atoms with Crippen LogP contribution in [0.15, 0.2) is 89.0 Å². The summed E-state index contributed by atoms with van der Waals surface area (Å²) in [4.78, 5) is 2.53. The lowest BCUT2D eigenvalue weighted by Crippen LogP contribution is -2.19. The van der Waals surface area contributed by atoms with Gasteiger partial charge in [0.2, 0.25) is 0 Å². The molecule has 0 unspecified atom stereocenters. The summed E-state index contributed by atoms with van der Waals surface area (Å²) in [5, 5.41) is 5.08. The van der Waals surface area contributed by atoms with Crippen molar-refractivity contribution in [3.63, 3.8) is 0 Å². The lowest BCUT2D eigenvalue weighted by atomic mass is 9.87. The Morgan fingerprint density at radius 1 is 0.939 bits per heavy atom. The molecule has 4 aromatic rings. The molecule has 0 amide bonds. The fourth-order valence-corrected chi connectivity index (χ4v) is 4.54. The average Bonchev–Trinajstić information content (AvgIpc) is 3.12. The van der Waals surface area contributed by atoms with Crippen LogP contribution in [0, 0.1) is 6.92 Å². The number of hydrogen-bond acceptors (Lipinski definition) is 3. The van der Waals surface area contributed by atoms with Crippen molar-refractivity contribution in [2.75, 3.05) is 0 Å². The number of nitrogens with one attached hydrogen (secondary N) is 1. The molecule has 5 nitrogen and oxygen atoms in total. The first-order chi connectivity index (χ1) is 15.6. The van der Waals surface area contributed by atoms with Crippen LogP contribution in [0.25, 0.3) is 10.9 Å².